The highest BCUT2D eigenvalue weighted by Gasteiger charge is 2.38. The first-order valence-corrected chi connectivity index (χ1v) is 3.26. The van der Waals surface area contributed by atoms with Crippen LogP contribution >= 0.6 is 0 Å². The van der Waals surface area contributed by atoms with Gasteiger partial charge in [-0.3, -0.25) is 0 Å². The summed E-state index contributed by atoms with van der Waals surface area (Å²) < 4.78 is 17.3. The lowest BCUT2D eigenvalue weighted by atomic mass is 10.0. The van der Waals surface area contributed by atoms with E-state index in [1.54, 1.807) is 0 Å². The lowest BCUT2D eigenvalue weighted by Gasteiger charge is -2.32. The van der Waals surface area contributed by atoms with E-state index in [-0.39, 0.29) is 0 Å². The summed E-state index contributed by atoms with van der Waals surface area (Å²) in [6.07, 6.45) is -5.61. The van der Waals surface area contributed by atoms with Crippen molar-refractivity contribution in [2.45, 2.75) is 24.5 Å². The monoisotopic (exact) mass is 165 g/mol. The highest BCUT2D eigenvalue weighted by molar-refractivity contribution is 4.91. The molecule has 1 radical (unpaired) electrons. The van der Waals surface area contributed by atoms with Gasteiger partial charge in [0, 0.05) is 0 Å². The molecule has 1 rings (SSSR count). The summed E-state index contributed by atoms with van der Waals surface area (Å²) in [6, 6.07) is 0. The van der Waals surface area contributed by atoms with E-state index in [0.717, 1.165) is 6.61 Å². The average molecular weight is 165 g/mol. The molecule has 5 heteroatoms. The van der Waals surface area contributed by atoms with Gasteiger partial charge in [0.15, 0.2) is 6.17 Å². The smallest absolute Gasteiger partial charge is 0.157 e. The Balaban J connectivity index is 2.52. The topological polar surface area (TPSA) is 69.9 Å². The average Bonchev–Trinajstić information content (AvgIpc) is 2.01. The molecule has 65 valence electrons. The van der Waals surface area contributed by atoms with Gasteiger partial charge in [-0.15, -0.1) is 0 Å². The minimum absolute atomic E-state index is 0.512. The molecule has 0 saturated carbocycles. The third-order valence-corrected chi connectivity index (χ3v) is 1.60. The van der Waals surface area contributed by atoms with Gasteiger partial charge in [-0.1, -0.05) is 0 Å². The van der Waals surface area contributed by atoms with Crippen LogP contribution in [0.2, 0.25) is 0 Å². The number of hydrogen-bond acceptors (Lipinski definition) is 4. The number of aliphatic hydroxyl groups is 3. The van der Waals surface area contributed by atoms with Crippen LogP contribution in [0.5, 0.6) is 0 Å². The van der Waals surface area contributed by atoms with Gasteiger partial charge in [-0.2, -0.15) is 0 Å². The van der Waals surface area contributed by atoms with E-state index in [1.165, 1.54) is 0 Å². The van der Waals surface area contributed by atoms with Crippen molar-refractivity contribution in [2.24, 2.45) is 0 Å². The molecular weight excluding hydrogens is 155 g/mol. The van der Waals surface area contributed by atoms with Crippen LogP contribution in [0.25, 0.3) is 0 Å². The number of ether oxygens (including phenoxy) is 1. The van der Waals surface area contributed by atoms with Crippen LogP contribution in [-0.4, -0.2) is 46.4 Å². The van der Waals surface area contributed by atoms with Crippen LogP contribution in [0, 0.1) is 6.61 Å². The zero-order chi connectivity index (χ0) is 8.43. The highest BCUT2D eigenvalue weighted by Crippen LogP contribution is 2.20. The minimum atomic E-state index is -1.74. The molecule has 11 heavy (non-hydrogen) atoms. The van der Waals surface area contributed by atoms with Crippen molar-refractivity contribution in [3.8, 4) is 0 Å². The van der Waals surface area contributed by atoms with Crippen molar-refractivity contribution in [3.63, 3.8) is 0 Å². The van der Waals surface area contributed by atoms with Gasteiger partial charge in [-0.05, 0) is 0 Å². The van der Waals surface area contributed by atoms with Crippen LogP contribution in [-0.2, 0) is 4.74 Å². The molecule has 1 aliphatic rings. The van der Waals surface area contributed by atoms with Crippen LogP contribution in [0.1, 0.15) is 0 Å². The van der Waals surface area contributed by atoms with Gasteiger partial charge in [0.1, 0.15) is 24.9 Å². The van der Waals surface area contributed by atoms with Crippen molar-refractivity contribution in [2.75, 3.05) is 6.61 Å². The standard InChI is InChI=1S/C6H10FO4/c7-5-4(1-8)11-2-3(9)6(5)10/h2-6,8-10H,1H2/t3-,4+,5-,6+/m0/s1. The van der Waals surface area contributed by atoms with Crippen molar-refractivity contribution in [1.29, 1.82) is 0 Å². The molecule has 0 amide bonds. The van der Waals surface area contributed by atoms with E-state index in [9.17, 15) is 4.39 Å². The predicted octanol–water partition coefficient (Wildman–Crippen LogP) is -1.40. The number of halogens is 1. The number of rotatable bonds is 1. The molecule has 1 aliphatic heterocycles. The van der Waals surface area contributed by atoms with Crippen LogP contribution in [0.4, 0.5) is 4.39 Å². The van der Waals surface area contributed by atoms with Gasteiger partial charge in [-0.25, -0.2) is 4.39 Å². The van der Waals surface area contributed by atoms with E-state index in [4.69, 9.17) is 15.3 Å². The quantitative estimate of drug-likeness (QED) is 0.447. The highest BCUT2D eigenvalue weighted by atomic mass is 19.1. The summed E-state index contributed by atoms with van der Waals surface area (Å²) in [6.45, 7) is 0.406. The largest absolute Gasteiger partial charge is 0.394 e. The van der Waals surface area contributed by atoms with Gasteiger partial charge >= 0.3 is 0 Å². The Morgan fingerprint density at radius 2 is 2.09 bits per heavy atom. The number of aliphatic hydroxyl groups excluding tert-OH is 3. The molecular formula is C6H10FO4. The summed E-state index contributed by atoms with van der Waals surface area (Å²) in [7, 11) is 0. The SMILES string of the molecule is OC[C@H]1O[CH][C@H](O)[C@@H](O)[C@H]1F. The second kappa shape index (κ2) is 3.44. The molecule has 4 atom stereocenters. The molecule has 0 aliphatic carbocycles. The van der Waals surface area contributed by atoms with E-state index < -0.39 is 31.1 Å². The van der Waals surface area contributed by atoms with E-state index >= 15 is 0 Å². The minimum Gasteiger partial charge on any atom is -0.394 e. The van der Waals surface area contributed by atoms with Crippen LogP contribution in [0.15, 0.2) is 0 Å². The van der Waals surface area contributed by atoms with Crippen molar-refractivity contribution in [3.05, 3.63) is 6.61 Å². The normalized spacial score (nSPS) is 45.8. The summed E-state index contributed by atoms with van der Waals surface area (Å²) in [5, 5.41) is 26.2. The molecule has 0 bridgehead atoms. The third-order valence-electron chi connectivity index (χ3n) is 1.60. The Labute approximate surface area is 63.2 Å². The Hall–Kier alpha value is -0.230. The molecule has 3 N–H and O–H groups in total. The first kappa shape index (κ1) is 8.86. The van der Waals surface area contributed by atoms with Crippen LogP contribution < -0.4 is 0 Å². The zero-order valence-corrected chi connectivity index (χ0v) is 5.72. The third kappa shape index (κ3) is 1.67. The molecule has 1 heterocycles. The first-order chi connectivity index (χ1) is 5.16. The molecule has 1 fully saturated rings. The molecule has 1 saturated heterocycles. The molecule has 4 nitrogen and oxygen atoms in total. The second-order valence-electron chi connectivity index (χ2n) is 2.42. The first-order valence-electron chi connectivity index (χ1n) is 3.26. The van der Waals surface area contributed by atoms with Gasteiger partial charge in [0.05, 0.1) is 6.61 Å². The number of alkyl halides is 1. The Kier molecular flexibility index (Phi) is 2.78. The second-order valence-corrected chi connectivity index (χ2v) is 2.42. The summed E-state index contributed by atoms with van der Waals surface area (Å²) in [5.41, 5.74) is 0. The van der Waals surface area contributed by atoms with Gasteiger partial charge in [0.25, 0.3) is 0 Å². The number of hydrogen-bond donors (Lipinski definition) is 3. The summed E-state index contributed by atoms with van der Waals surface area (Å²) in [5.74, 6) is 0. The zero-order valence-electron chi connectivity index (χ0n) is 5.72. The van der Waals surface area contributed by atoms with Crippen molar-refractivity contribution in [1.82, 2.24) is 0 Å². The maximum atomic E-state index is 12.8. The van der Waals surface area contributed by atoms with Gasteiger partial charge < -0.3 is 20.1 Å². The molecule has 0 spiro atoms. The maximum absolute atomic E-state index is 12.8. The fraction of sp³-hybridized carbons (Fsp3) is 0.833. The Bertz CT molecular complexity index is 130. The summed E-state index contributed by atoms with van der Waals surface area (Å²) >= 11 is 0. The van der Waals surface area contributed by atoms with Crippen LogP contribution in [0.3, 0.4) is 0 Å². The lowest BCUT2D eigenvalue weighted by Crippen LogP contribution is -2.49. The van der Waals surface area contributed by atoms with E-state index in [2.05, 4.69) is 4.74 Å². The fourth-order valence-corrected chi connectivity index (χ4v) is 0.889. The molecule has 0 unspecified atom stereocenters. The maximum Gasteiger partial charge on any atom is 0.157 e. The van der Waals surface area contributed by atoms with E-state index in [1.807, 2.05) is 0 Å². The lowest BCUT2D eigenvalue weighted by molar-refractivity contribution is -0.144. The molecule has 0 aromatic carbocycles. The molecule has 0 aromatic heterocycles. The van der Waals surface area contributed by atoms with E-state index in [0.29, 0.717) is 0 Å². The Morgan fingerprint density at radius 1 is 1.45 bits per heavy atom. The summed E-state index contributed by atoms with van der Waals surface area (Å²) in [4.78, 5) is 0. The van der Waals surface area contributed by atoms with Crippen molar-refractivity contribution >= 4 is 0 Å². The fourth-order valence-electron chi connectivity index (χ4n) is 0.889. The van der Waals surface area contributed by atoms with Gasteiger partial charge in [0.2, 0.25) is 0 Å². The van der Waals surface area contributed by atoms with Crippen molar-refractivity contribution < 1.29 is 24.4 Å². The predicted molar refractivity (Wildman–Crippen MR) is 33.2 cm³/mol. The Morgan fingerprint density at radius 3 is 2.64 bits per heavy atom. The molecule has 0 aromatic rings.